The first-order chi connectivity index (χ1) is 9.83. The molecule has 0 bridgehead atoms. The zero-order chi connectivity index (χ0) is 13.8. The molecule has 0 atom stereocenters. The monoisotopic (exact) mass is 273 g/mol. The minimum Gasteiger partial charge on any atom is -0.381 e. The third-order valence-electron chi connectivity index (χ3n) is 3.48. The Hall–Kier alpha value is -1.88. The van der Waals surface area contributed by atoms with Crippen LogP contribution in [0.15, 0.2) is 24.5 Å². The van der Waals surface area contributed by atoms with Gasteiger partial charge in [0.15, 0.2) is 0 Å². The van der Waals surface area contributed by atoms with Gasteiger partial charge in [-0.15, -0.1) is 0 Å². The lowest BCUT2D eigenvalue weighted by Gasteiger charge is -2.06. The van der Waals surface area contributed by atoms with Crippen LogP contribution < -0.4 is 5.32 Å². The number of imidazole rings is 1. The molecule has 1 aromatic carbocycles. The summed E-state index contributed by atoms with van der Waals surface area (Å²) in [6, 6.07) is 5.46. The van der Waals surface area contributed by atoms with Gasteiger partial charge >= 0.3 is 0 Å². The maximum absolute atomic E-state index is 12.0. The fourth-order valence-electron chi connectivity index (χ4n) is 2.09. The van der Waals surface area contributed by atoms with Crippen molar-refractivity contribution in [2.45, 2.75) is 19.3 Å². The van der Waals surface area contributed by atoms with E-state index < -0.39 is 0 Å². The summed E-state index contributed by atoms with van der Waals surface area (Å²) in [5, 5.41) is 2.91. The molecule has 1 aliphatic carbocycles. The smallest absolute Gasteiger partial charge is 0.251 e. The van der Waals surface area contributed by atoms with E-state index in [1.165, 1.54) is 12.8 Å². The topological polar surface area (TPSA) is 67.0 Å². The van der Waals surface area contributed by atoms with Crippen LogP contribution in [0.4, 0.5) is 0 Å². The van der Waals surface area contributed by atoms with Gasteiger partial charge in [-0.2, -0.15) is 0 Å². The van der Waals surface area contributed by atoms with E-state index in [-0.39, 0.29) is 5.91 Å². The van der Waals surface area contributed by atoms with Gasteiger partial charge in [-0.05, 0) is 43.4 Å². The molecule has 2 aromatic rings. The van der Waals surface area contributed by atoms with Crippen molar-refractivity contribution >= 4 is 16.9 Å². The number of aromatic amines is 1. The third-order valence-corrected chi connectivity index (χ3v) is 3.48. The van der Waals surface area contributed by atoms with Crippen molar-refractivity contribution in [1.29, 1.82) is 0 Å². The summed E-state index contributed by atoms with van der Waals surface area (Å²) in [5.74, 6) is 0.745. The van der Waals surface area contributed by atoms with Crippen LogP contribution in [-0.2, 0) is 4.74 Å². The van der Waals surface area contributed by atoms with Crippen molar-refractivity contribution in [3.8, 4) is 0 Å². The number of amides is 1. The number of hydrogen-bond donors (Lipinski definition) is 2. The second-order valence-electron chi connectivity index (χ2n) is 5.26. The van der Waals surface area contributed by atoms with E-state index in [2.05, 4.69) is 15.3 Å². The molecule has 0 radical (unpaired) electrons. The Morgan fingerprint density at radius 1 is 1.45 bits per heavy atom. The van der Waals surface area contributed by atoms with Crippen molar-refractivity contribution < 1.29 is 9.53 Å². The second-order valence-corrected chi connectivity index (χ2v) is 5.26. The Kier molecular flexibility index (Phi) is 3.97. The van der Waals surface area contributed by atoms with Crippen molar-refractivity contribution in [3.63, 3.8) is 0 Å². The zero-order valence-corrected chi connectivity index (χ0v) is 11.4. The number of carbonyl (C=O) groups is 1. The fraction of sp³-hybridized carbons (Fsp3) is 0.467. The fourth-order valence-corrected chi connectivity index (χ4v) is 2.09. The molecule has 20 heavy (non-hydrogen) atoms. The van der Waals surface area contributed by atoms with Crippen molar-refractivity contribution in [3.05, 3.63) is 30.1 Å². The molecule has 0 aliphatic heterocycles. The van der Waals surface area contributed by atoms with Crippen LogP contribution in [0.2, 0.25) is 0 Å². The summed E-state index contributed by atoms with van der Waals surface area (Å²) < 4.78 is 5.53. The Labute approximate surface area is 117 Å². The number of carbonyl (C=O) groups excluding carboxylic acids is 1. The molecular weight excluding hydrogens is 254 g/mol. The Morgan fingerprint density at radius 2 is 2.35 bits per heavy atom. The number of hydrogen-bond acceptors (Lipinski definition) is 3. The maximum Gasteiger partial charge on any atom is 0.251 e. The number of benzene rings is 1. The predicted octanol–water partition coefficient (Wildman–Crippen LogP) is 2.11. The molecular formula is C15H19N3O2. The Bertz CT molecular complexity index is 590. The van der Waals surface area contributed by atoms with Gasteiger partial charge < -0.3 is 15.0 Å². The minimum absolute atomic E-state index is 0.0521. The van der Waals surface area contributed by atoms with Crippen LogP contribution in [0.1, 0.15) is 29.6 Å². The normalized spacial score (nSPS) is 14.6. The quantitative estimate of drug-likeness (QED) is 0.759. The van der Waals surface area contributed by atoms with Crippen molar-refractivity contribution in [2.75, 3.05) is 19.8 Å². The highest BCUT2D eigenvalue weighted by molar-refractivity contribution is 5.97. The molecule has 0 spiro atoms. The SMILES string of the molecule is O=C(NCCCOCC1CC1)c1ccc2nc[nH]c2c1. The number of ether oxygens (including phenoxy) is 1. The number of rotatable bonds is 7. The summed E-state index contributed by atoms with van der Waals surface area (Å²) in [4.78, 5) is 19.1. The molecule has 1 saturated carbocycles. The standard InChI is InChI=1S/C15H19N3O2/c19-15(16-6-1-7-20-9-11-2-3-11)12-4-5-13-14(8-12)18-10-17-13/h4-5,8,10-11H,1-3,6-7,9H2,(H,16,19)(H,17,18). The highest BCUT2D eigenvalue weighted by atomic mass is 16.5. The molecule has 1 fully saturated rings. The molecule has 2 N–H and O–H groups in total. The van der Waals surface area contributed by atoms with E-state index in [1.807, 2.05) is 12.1 Å². The zero-order valence-electron chi connectivity index (χ0n) is 11.4. The highest BCUT2D eigenvalue weighted by Gasteiger charge is 2.20. The van der Waals surface area contributed by atoms with Gasteiger partial charge in [0, 0.05) is 25.3 Å². The lowest BCUT2D eigenvalue weighted by Crippen LogP contribution is -2.25. The van der Waals surface area contributed by atoms with E-state index >= 15 is 0 Å². The van der Waals surface area contributed by atoms with Gasteiger partial charge in [0.25, 0.3) is 5.91 Å². The number of H-pyrrole nitrogens is 1. The average Bonchev–Trinajstić information content (AvgIpc) is 3.17. The van der Waals surface area contributed by atoms with Crippen molar-refractivity contribution in [2.24, 2.45) is 5.92 Å². The summed E-state index contributed by atoms with van der Waals surface area (Å²) in [7, 11) is 0. The molecule has 5 nitrogen and oxygen atoms in total. The van der Waals surface area contributed by atoms with Crippen LogP contribution >= 0.6 is 0 Å². The molecule has 106 valence electrons. The molecule has 3 rings (SSSR count). The van der Waals surface area contributed by atoms with Gasteiger partial charge in [0.2, 0.25) is 0 Å². The van der Waals surface area contributed by atoms with Crippen LogP contribution in [-0.4, -0.2) is 35.6 Å². The number of fused-ring (bicyclic) bond motifs is 1. The summed E-state index contributed by atoms with van der Waals surface area (Å²) in [6.07, 6.45) is 5.11. The molecule has 0 saturated heterocycles. The third kappa shape index (κ3) is 3.36. The van der Waals surface area contributed by atoms with Gasteiger partial charge in [0.1, 0.15) is 0 Å². The van der Waals surface area contributed by atoms with E-state index in [1.54, 1.807) is 12.4 Å². The van der Waals surface area contributed by atoms with Gasteiger partial charge in [-0.25, -0.2) is 4.98 Å². The number of nitrogens with one attached hydrogen (secondary N) is 2. The van der Waals surface area contributed by atoms with E-state index in [0.29, 0.717) is 12.1 Å². The number of aromatic nitrogens is 2. The van der Waals surface area contributed by atoms with Gasteiger partial charge in [-0.3, -0.25) is 4.79 Å². The second kappa shape index (κ2) is 6.05. The van der Waals surface area contributed by atoms with E-state index in [4.69, 9.17) is 4.74 Å². The van der Waals surface area contributed by atoms with Crippen LogP contribution in [0.3, 0.4) is 0 Å². The van der Waals surface area contributed by atoms with Gasteiger partial charge in [-0.1, -0.05) is 0 Å². The number of nitrogens with zero attached hydrogens (tertiary/aromatic N) is 1. The predicted molar refractivity (Wildman–Crippen MR) is 76.6 cm³/mol. The first-order valence-electron chi connectivity index (χ1n) is 7.12. The van der Waals surface area contributed by atoms with E-state index in [9.17, 15) is 4.79 Å². The molecule has 1 aromatic heterocycles. The van der Waals surface area contributed by atoms with E-state index in [0.717, 1.165) is 36.6 Å². The first-order valence-corrected chi connectivity index (χ1v) is 7.12. The summed E-state index contributed by atoms with van der Waals surface area (Å²) in [6.45, 7) is 2.24. The highest BCUT2D eigenvalue weighted by Crippen LogP contribution is 2.28. The average molecular weight is 273 g/mol. The molecule has 0 unspecified atom stereocenters. The largest absolute Gasteiger partial charge is 0.381 e. The Balaban J connectivity index is 1.41. The van der Waals surface area contributed by atoms with Crippen molar-refractivity contribution in [1.82, 2.24) is 15.3 Å². The lowest BCUT2D eigenvalue weighted by molar-refractivity contribution is 0.0937. The molecule has 5 heteroatoms. The summed E-state index contributed by atoms with van der Waals surface area (Å²) >= 11 is 0. The summed E-state index contributed by atoms with van der Waals surface area (Å²) in [5.41, 5.74) is 2.40. The molecule has 1 aliphatic rings. The van der Waals surface area contributed by atoms with Gasteiger partial charge in [0.05, 0.1) is 17.4 Å². The maximum atomic E-state index is 12.0. The van der Waals surface area contributed by atoms with Crippen LogP contribution in [0.25, 0.3) is 11.0 Å². The molecule has 1 heterocycles. The molecule has 1 amide bonds. The minimum atomic E-state index is -0.0521. The Morgan fingerprint density at radius 3 is 3.20 bits per heavy atom. The van der Waals surface area contributed by atoms with Crippen LogP contribution in [0.5, 0.6) is 0 Å². The van der Waals surface area contributed by atoms with Crippen LogP contribution in [0, 0.1) is 5.92 Å². The first kappa shape index (κ1) is 13.1. The lowest BCUT2D eigenvalue weighted by atomic mass is 10.2.